The molecule has 0 fully saturated rings. The monoisotopic (exact) mass is 394 g/mol. The van der Waals surface area contributed by atoms with Crippen LogP contribution in [0.1, 0.15) is 20.8 Å². The van der Waals surface area contributed by atoms with E-state index >= 15 is 0 Å². The molecule has 0 heterocycles. The van der Waals surface area contributed by atoms with Gasteiger partial charge < -0.3 is 5.32 Å². The smallest absolute Gasteiger partial charge is 0.264 e. The van der Waals surface area contributed by atoms with Gasteiger partial charge in [-0.15, -0.1) is 0 Å². The van der Waals surface area contributed by atoms with Gasteiger partial charge in [-0.1, -0.05) is 55.8 Å². The molecule has 0 bridgehead atoms. The zero-order chi connectivity index (χ0) is 19.3. The van der Waals surface area contributed by atoms with Gasteiger partial charge in [-0.3, -0.25) is 9.10 Å². The van der Waals surface area contributed by atoms with Gasteiger partial charge in [0.1, 0.15) is 6.54 Å². The average Bonchev–Trinajstić information content (AvgIpc) is 2.61. The molecule has 1 N–H and O–H groups in total. The predicted molar refractivity (Wildman–Crippen MR) is 105 cm³/mol. The lowest BCUT2D eigenvalue weighted by Crippen LogP contribution is -2.45. The Morgan fingerprint density at radius 2 is 1.62 bits per heavy atom. The minimum Gasteiger partial charge on any atom is -0.352 e. The summed E-state index contributed by atoms with van der Waals surface area (Å²) in [7, 11) is -3.94. The van der Waals surface area contributed by atoms with Crippen molar-refractivity contribution in [3.8, 4) is 0 Å². The van der Waals surface area contributed by atoms with Crippen LogP contribution < -0.4 is 9.62 Å². The van der Waals surface area contributed by atoms with E-state index in [9.17, 15) is 13.2 Å². The van der Waals surface area contributed by atoms with E-state index in [0.29, 0.717) is 0 Å². The SMILES string of the molecule is CC(C)[C@@H](C)NC(=O)CN(c1ccccc1Cl)S(=O)(=O)c1ccccc1. The third-order valence-corrected chi connectivity index (χ3v) is 6.22. The van der Waals surface area contributed by atoms with Crippen LogP contribution in [0, 0.1) is 5.92 Å². The van der Waals surface area contributed by atoms with Crippen molar-refractivity contribution >= 4 is 33.2 Å². The fourth-order valence-corrected chi connectivity index (χ4v) is 4.02. The Hall–Kier alpha value is -2.05. The molecule has 0 unspecified atom stereocenters. The molecule has 26 heavy (non-hydrogen) atoms. The zero-order valence-corrected chi connectivity index (χ0v) is 16.6. The summed E-state index contributed by atoms with van der Waals surface area (Å²) in [4.78, 5) is 12.6. The standard InChI is InChI=1S/C19H23ClN2O3S/c1-14(2)15(3)21-19(23)13-22(18-12-8-7-11-17(18)20)26(24,25)16-9-5-4-6-10-16/h4-12,14-15H,13H2,1-3H3,(H,21,23)/t15-/m1/s1. The number of halogens is 1. The number of hydrogen-bond donors (Lipinski definition) is 1. The first-order valence-electron chi connectivity index (χ1n) is 8.35. The van der Waals surface area contributed by atoms with Crippen molar-refractivity contribution in [2.24, 2.45) is 5.92 Å². The van der Waals surface area contributed by atoms with Gasteiger partial charge in [0.2, 0.25) is 5.91 Å². The third-order valence-electron chi connectivity index (χ3n) is 4.13. The van der Waals surface area contributed by atoms with Crippen molar-refractivity contribution in [3.05, 3.63) is 59.6 Å². The topological polar surface area (TPSA) is 66.5 Å². The molecule has 1 atom stereocenters. The number of anilines is 1. The second kappa shape index (κ2) is 8.56. The summed E-state index contributed by atoms with van der Waals surface area (Å²) in [5, 5.41) is 3.10. The summed E-state index contributed by atoms with van der Waals surface area (Å²) in [5.74, 6) is -0.149. The second-order valence-corrected chi connectivity index (χ2v) is 8.65. The normalized spacial score (nSPS) is 12.7. The number of carbonyl (C=O) groups is 1. The lowest BCUT2D eigenvalue weighted by Gasteiger charge is -2.26. The minimum atomic E-state index is -3.94. The molecule has 0 radical (unpaired) electrons. The molecule has 0 aliphatic heterocycles. The fourth-order valence-electron chi connectivity index (χ4n) is 2.27. The quantitative estimate of drug-likeness (QED) is 0.778. The first kappa shape index (κ1) is 20.3. The molecule has 0 saturated carbocycles. The molecule has 1 amide bonds. The van der Waals surface area contributed by atoms with E-state index in [4.69, 9.17) is 11.6 Å². The number of hydrogen-bond acceptors (Lipinski definition) is 3. The first-order chi connectivity index (χ1) is 12.2. The highest BCUT2D eigenvalue weighted by molar-refractivity contribution is 7.92. The maximum absolute atomic E-state index is 13.1. The number of nitrogens with zero attached hydrogens (tertiary/aromatic N) is 1. The minimum absolute atomic E-state index is 0.0741. The number of nitrogens with one attached hydrogen (secondary N) is 1. The summed E-state index contributed by atoms with van der Waals surface area (Å²) in [5.41, 5.74) is 0.269. The van der Waals surface area contributed by atoms with Crippen LogP contribution >= 0.6 is 11.6 Å². The molecule has 0 aromatic heterocycles. The van der Waals surface area contributed by atoms with Crippen molar-refractivity contribution in [1.29, 1.82) is 0 Å². The van der Waals surface area contributed by atoms with Gasteiger partial charge >= 0.3 is 0 Å². The molecule has 2 aromatic rings. The Morgan fingerprint density at radius 3 is 2.19 bits per heavy atom. The van der Waals surface area contributed by atoms with Crippen LogP contribution in [0.4, 0.5) is 5.69 Å². The summed E-state index contributed by atoms with van der Waals surface area (Å²) in [6, 6.07) is 14.5. The lowest BCUT2D eigenvalue weighted by molar-refractivity contribution is -0.120. The van der Waals surface area contributed by atoms with E-state index in [1.165, 1.54) is 12.1 Å². The summed E-state index contributed by atoms with van der Waals surface area (Å²) < 4.78 is 27.3. The molecular formula is C19H23ClN2O3S. The summed E-state index contributed by atoms with van der Waals surface area (Å²) in [6.07, 6.45) is 0. The zero-order valence-electron chi connectivity index (χ0n) is 15.0. The lowest BCUT2D eigenvalue weighted by atomic mass is 10.1. The molecule has 2 rings (SSSR count). The van der Waals surface area contributed by atoms with Crippen molar-refractivity contribution in [2.45, 2.75) is 31.7 Å². The molecule has 0 saturated heterocycles. The van der Waals surface area contributed by atoms with Gasteiger partial charge in [0.25, 0.3) is 10.0 Å². The Balaban J connectivity index is 2.41. The van der Waals surface area contributed by atoms with Gasteiger partial charge in [0.15, 0.2) is 0 Å². The molecule has 0 aliphatic carbocycles. The Bertz CT molecular complexity index is 854. The second-order valence-electron chi connectivity index (χ2n) is 6.38. The number of rotatable bonds is 7. The van der Waals surface area contributed by atoms with Crippen LogP contribution in [-0.2, 0) is 14.8 Å². The van der Waals surface area contributed by atoms with Gasteiger partial charge in [0, 0.05) is 6.04 Å². The van der Waals surface area contributed by atoms with Crippen LogP contribution in [0.2, 0.25) is 5.02 Å². The number of carbonyl (C=O) groups excluding carboxylic acids is 1. The fraction of sp³-hybridized carbons (Fsp3) is 0.316. The largest absolute Gasteiger partial charge is 0.352 e. The molecule has 0 spiro atoms. The number of benzene rings is 2. The van der Waals surface area contributed by atoms with Crippen LogP contribution in [-0.4, -0.2) is 26.9 Å². The van der Waals surface area contributed by atoms with Crippen molar-refractivity contribution in [2.75, 3.05) is 10.8 Å². The number of amides is 1. The Labute approximate surface area is 160 Å². The highest BCUT2D eigenvalue weighted by atomic mass is 35.5. The van der Waals surface area contributed by atoms with Crippen molar-refractivity contribution in [3.63, 3.8) is 0 Å². The number of para-hydroxylation sites is 1. The van der Waals surface area contributed by atoms with Crippen molar-refractivity contribution in [1.82, 2.24) is 5.32 Å². The maximum atomic E-state index is 13.1. The predicted octanol–water partition coefficient (Wildman–Crippen LogP) is 3.70. The average molecular weight is 395 g/mol. The molecule has 5 nitrogen and oxygen atoms in total. The van der Waals surface area contributed by atoms with Gasteiger partial charge in [0.05, 0.1) is 15.6 Å². The van der Waals surface area contributed by atoms with Crippen molar-refractivity contribution < 1.29 is 13.2 Å². The van der Waals surface area contributed by atoms with E-state index < -0.39 is 10.0 Å². The highest BCUT2D eigenvalue weighted by Gasteiger charge is 2.29. The van der Waals surface area contributed by atoms with Gasteiger partial charge in [-0.05, 0) is 37.1 Å². The summed E-state index contributed by atoms with van der Waals surface area (Å²) in [6.45, 7) is 5.50. The van der Waals surface area contributed by atoms with E-state index in [-0.39, 0.29) is 40.0 Å². The molecule has 0 aliphatic rings. The van der Waals surface area contributed by atoms with E-state index in [1.54, 1.807) is 42.5 Å². The molecule has 140 valence electrons. The van der Waals surface area contributed by atoms with E-state index in [2.05, 4.69) is 5.32 Å². The maximum Gasteiger partial charge on any atom is 0.264 e. The Morgan fingerprint density at radius 1 is 1.04 bits per heavy atom. The van der Waals surface area contributed by atoms with Crippen LogP contribution in [0.25, 0.3) is 0 Å². The summed E-state index contributed by atoms with van der Waals surface area (Å²) >= 11 is 6.21. The van der Waals surface area contributed by atoms with Crippen LogP contribution in [0.15, 0.2) is 59.5 Å². The van der Waals surface area contributed by atoms with Crippen LogP contribution in [0.3, 0.4) is 0 Å². The highest BCUT2D eigenvalue weighted by Crippen LogP contribution is 2.30. The van der Waals surface area contributed by atoms with E-state index in [1.807, 2.05) is 20.8 Å². The Kier molecular flexibility index (Phi) is 6.67. The number of sulfonamides is 1. The molecular weight excluding hydrogens is 372 g/mol. The van der Waals surface area contributed by atoms with Gasteiger partial charge in [-0.2, -0.15) is 0 Å². The molecule has 2 aromatic carbocycles. The van der Waals surface area contributed by atoms with Gasteiger partial charge in [-0.25, -0.2) is 8.42 Å². The first-order valence-corrected chi connectivity index (χ1v) is 10.2. The van der Waals surface area contributed by atoms with E-state index in [0.717, 1.165) is 4.31 Å². The third kappa shape index (κ3) is 4.77. The molecule has 7 heteroatoms. The van der Waals surface area contributed by atoms with Crippen LogP contribution in [0.5, 0.6) is 0 Å².